The number of nitrogens with zero attached hydrogens (tertiary/aromatic N) is 5. The van der Waals surface area contributed by atoms with Crippen molar-refractivity contribution in [3.05, 3.63) is 71.8 Å². The fourth-order valence-electron chi connectivity index (χ4n) is 2.87. The zero-order valence-corrected chi connectivity index (χ0v) is 15.7. The first-order valence-electron chi connectivity index (χ1n) is 8.55. The number of aromatic nitrogens is 4. The zero-order chi connectivity index (χ0) is 19.7. The third-order valence-electron chi connectivity index (χ3n) is 4.18. The van der Waals surface area contributed by atoms with Gasteiger partial charge in [-0.3, -0.25) is 19.4 Å². The highest BCUT2D eigenvalue weighted by Crippen LogP contribution is 2.32. The largest absolute Gasteiger partial charge is 0.278 e. The van der Waals surface area contributed by atoms with Crippen LogP contribution in [0.3, 0.4) is 0 Å². The summed E-state index contributed by atoms with van der Waals surface area (Å²) in [5.74, 6) is -1.78. The number of halogens is 2. The molecule has 0 N–H and O–H groups in total. The molecule has 1 aromatic carbocycles. The van der Waals surface area contributed by atoms with Crippen molar-refractivity contribution in [2.45, 2.75) is 20.0 Å². The van der Waals surface area contributed by atoms with Crippen molar-refractivity contribution < 1.29 is 13.6 Å². The zero-order valence-electron chi connectivity index (χ0n) is 14.8. The van der Waals surface area contributed by atoms with Crippen molar-refractivity contribution >= 4 is 32.6 Å². The van der Waals surface area contributed by atoms with Gasteiger partial charge in [0.05, 0.1) is 11.2 Å². The molecule has 0 atom stereocenters. The van der Waals surface area contributed by atoms with Crippen LogP contribution in [-0.4, -0.2) is 25.7 Å². The van der Waals surface area contributed by atoms with Gasteiger partial charge >= 0.3 is 0 Å². The lowest BCUT2D eigenvalue weighted by molar-refractivity contribution is 0.0975. The van der Waals surface area contributed by atoms with Gasteiger partial charge in [0.2, 0.25) is 0 Å². The molecule has 0 aliphatic carbocycles. The standard InChI is InChI=1S/C19H15F2N5OS/c1-2-26-15(5-7-23-26)18(27)25(11-12-4-3-6-22-10-12)19-24-17-14(21)8-13(20)9-16(17)28-19/h3-10H,2,11H2,1H3. The van der Waals surface area contributed by atoms with E-state index in [0.29, 0.717) is 16.9 Å². The predicted molar refractivity (Wildman–Crippen MR) is 102 cm³/mol. The van der Waals surface area contributed by atoms with Crippen molar-refractivity contribution in [1.82, 2.24) is 19.7 Å². The molecule has 0 saturated heterocycles. The molecule has 0 saturated carbocycles. The van der Waals surface area contributed by atoms with Gasteiger partial charge < -0.3 is 0 Å². The number of fused-ring (bicyclic) bond motifs is 1. The Bertz CT molecular complexity index is 1140. The highest BCUT2D eigenvalue weighted by molar-refractivity contribution is 7.22. The molecule has 0 spiro atoms. The summed E-state index contributed by atoms with van der Waals surface area (Å²) >= 11 is 1.06. The Kier molecular flexibility index (Phi) is 4.82. The molecule has 0 unspecified atom stereocenters. The van der Waals surface area contributed by atoms with Crippen LogP contribution in [0.25, 0.3) is 10.2 Å². The lowest BCUT2D eigenvalue weighted by Gasteiger charge is -2.20. The quantitative estimate of drug-likeness (QED) is 0.508. The highest BCUT2D eigenvalue weighted by atomic mass is 32.1. The Labute approximate surface area is 163 Å². The number of pyridine rings is 1. The molecule has 1 amide bonds. The van der Waals surface area contributed by atoms with E-state index in [4.69, 9.17) is 0 Å². The van der Waals surface area contributed by atoms with Crippen molar-refractivity contribution in [3.8, 4) is 0 Å². The van der Waals surface area contributed by atoms with Crippen LogP contribution in [0.2, 0.25) is 0 Å². The Hall–Kier alpha value is -3.20. The first-order chi connectivity index (χ1) is 13.6. The number of carbonyl (C=O) groups is 1. The minimum absolute atomic E-state index is 0.0365. The number of amides is 1. The van der Waals surface area contributed by atoms with Crippen molar-refractivity contribution in [2.75, 3.05) is 4.90 Å². The number of aryl methyl sites for hydroxylation is 1. The predicted octanol–water partition coefficient (Wildman–Crippen LogP) is 4.03. The van der Waals surface area contributed by atoms with Gasteiger partial charge in [0.15, 0.2) is 10.9 Å². The van der Waals surface area contributed by atoms with Crippen LogP contribution >= 0.6 is 11.3 Å². The first-order valence-corrected chi connectivity index (χ1v) is 9.36. The van der Waals surface area contributed by atoms with Gasteiger partial charge in [-0.25, -0.2) is 13.8 Å². The lowest BCUT2D eigenvalue weighted by atomic mass is 10.2. The Morgan fingerprint density at radius 1 is 1.25 bits per heavy atom. The fourth-order valence-corrected chi connectivity index (χ4v) is 3.87. The number of hydrogen-bond donors (Lipinski definition) is 0. The van der Waals surface area contributed by atoms with Crippen LogP contribution in [0.4, 0.5) is 13.9 Å². The van der Waals surface area contributed by atoms with Crippen molar-refractivity contribution in [3.63, 3.8) is 0 Å². The van der Waals surface area contributed by atoms with E-state index in [2.05, 4.69) is 15.1 Å². The molecule has 0 radical (unpaired) electrons. The summed E-state index contributed by atoms with van der Waals surface area (Å²) in [5, 5.41) is 4.41. The topological polar surface area (TPSA) is 63.9 Å². The Morgan fingerprint density at radius 3 is 2.86 bits per heavy atom. The number of carbonyl (C=O) groups excluding carboxylic acids is 1. The molecule has 6 nitrogen and oxygen atoms in total. The summed E-state index contributed by atoms with van der Waals surface area (Å²) in [5.41, 5.74) is 1.20. The number of hydrogen-bond acceptors (Lipinski definition) is 5. The van der Waals surface area contributed by atoms with E-state index in [1.807, 2.05) is 13.0 Å². The Morgan fingerprint density at radius 2 is 2.11 bits per heavy atom. The minimum Gasteiger partial charge on any atom is -0.278 e. The van der Waals surface area contributed by atoms with Gasteiger partial charge in [0, 0.05) is 31.2 Å². The normalized spacial score (nSPS) is 11.1. The molecule has 28 heavy (non-hydrogen) atoms. The molecule has 4 aromatic rings. The fraction of sp³-hybridized carbons (Fsp3) is 0.158. The first kappa shape index (κ1) is 18.2. The summed E-state index contributed by atoms with van der Waals surface area (Å²) in [6.07, 6.45) is 4.83. The van der Waals surface area contributed by atoms with E-state index in [0.717, 1.165) is 23.0 Å². The smallest absolute Gasteiger partial charge is 0.278 e. The molecule has 0 bridgehead atoms. The second-order valence-corrected chi connectivity index (χ2v) is 7.02. The molecule has 0 aliphatic heterocycles. The SMILES string of the molecule is CCn1nccc1C(=O)N(Cc1cccnc1)c1nc2c(F)cc(F)cc2s1. The number of benzene rings is 1. The summed E-state index contributed by atoms with van der Waals surface area (Å²) in [7, 11) is 0. The average molecular weight is 399 g/mol. The summed E-state index contributed by atoms with van der Waals surface area (Å²) in [6, 6.07) is 7.21. The van der Waals surface area contributed by atoms with E-state index in [-0.39, 0.29) is 23.1 Å². The summed E-state index contributed by atoms with van der Waals surface area (Å²) in [4.78, 5) is 23.0. The average Bonchev–Trinajstić information content (AvgIpc) is 3.33. The molecule has 3 heterocycles. The van der Waals surface area contributed by atoms with Crippen molar-refractivity contribution in [1.29, 1.82) is 0 Å². The van der Waals surface area contributed by atoms with Crippen LogP contribution in [0.1, 0.15) is 23.0 Å². The minimum atomic E-state index is -0.759. The maximum Gasteiger partial charge on any atom is 0.278 e. The van der Waals surface area contributed by atoms with Crippen LogP contribution < -0.4 is 4.90 Å². The van der Waals surface area contributed by atoms with Gasteiger partial charge in [-0.15, -0.1) is 0 Å². The molecule has 4 rings (SSSR count). The van der Waals surface area contributed by atoms with Gasteiger partial charge in [-0.1, -0.05) is 17.4 Å². The third-order valence-corrected chi connectivity index (χ3v) is 5.20. The summed E-state index contributed by atoms with van der Waals surface area (Å²) in [6.45, 7) is 2.59. The number of rotatable bonds is 5. The molecule has 0 fully saturated rings. The van der Waals surface area contributed by atoms with Crippen molar-refractivity contribution in [2.24, 2.45) is 0 Å². The monoisotopic (exact) mass is 399 g/mol. The maximum absolute atomic E-state index is 14.1. The number of thiazole rings is 1. The van der Waals surface area contributed by atoms with Gasteiger partial charge in [-0.05, 0) is 30.7 Å². The third kappa shape index (κ3) is 3.36. The molecule has 142 valence electrons. The van der Waals surface area contributed by atoms with Gasteiger partial charge in [-0.2, -0.15) is 5.10 Å². The molecule has 3 aromatic heterocycles. The summed E-state index contributed by atoms with van der Waals surface area (Å²) < 4.78 is 29.6. The highest BCUT2D eigenvalue weighted by Gasteiger charge is 2.25. The number of anilines is 1. The van der Waals surface area contributed by atoms with Crippen LogP contribution in [0.15, 0.2) is 48.9 Å². The van der Waals surface area contributed by atoms with E-state index in [9.17, 15) is 13.6 Å². The molecular formula is C19H15F2N5OS. The van der Waals surface area contributed by atoms with Crippen LogP contribution in [0, 0.1) is 11.6 Å². The molecule has 9 heteroatoms. The van der Waals surface area contributed by atoms with E-state index >= 15 is 0 Å². The second-order valence-electron chi connectivity index (χ2n) is 6.02. The Balaban J connectivity index is 1.81. The maximum atomic E-state index is 14.1. The lowest BCUT2D eigenvalue weighted by Crippen LogP contribution is -2.32. The molecule has 0 aliphatic rings. The van der Waals surface area contributed by atoms with E-state index < -0.39 is 11.6 Å². The molecular weight excluding hydrogens is 384 g/mol. The second kappa shape index (κ2) is 7.43. The van der Waals surface area contributed by atoms with Crippen LogP contribution in [-0.2, 0) is 13.1 Å². The van der Waals surface area contributed by atoms with E-state index in [1.165, 1.54) is 11.0 Å². The van der Waals surface area contributed by atoms with Crippen LogP contribution in [0.5, 0.6) is 0 Å². The van der Waals surface area contributed by atoms with E-state index in [1.54, 1.807) is 35.4 Å². The van der Waals surface area contributed by atoms with Gasteiger partial charge in [0.25, 0.3) is 5.91 Å². The van der Waals surface area contributed by atoms with Gasteiger partial charge in [0.1, 0.15) is 17.0 Å².